The summed E-state index contributed by atoms with van der Waals surface area (Å²) in [6, 6.07) is 6.54. The molecule has 2 aliphatic rings. The molecular weight excluding hydrogens is 538 g/mol. The van der Waals surface area contributed by atoms with Gasteiger partial charge in [-0.1, -0.05) is 22.9 Å². The third kappa shape index (κ3) is 8.42. The van der Waals surface area contributed by atoms with E-state index in [1.165, 1.54) is 59.7 Å². The van der Waals surface area contributed by atoms with Gasteiger partial charge in [0.25, 0.3) is 10.2 Å². The van der Waals surface area contributed by atoms with Crippen LogP contribution in [0, 0.1) is 11.8 Å². The fourth-order valence-electron chi connectivity index (χ4n) is 5.92. The van der Waals surface area contributed by atoms with Crippen LogP contribution in [0.25, 0.3) is 0 Å². The molecule has 1 aliphatic heterocycles. The molecule has 0 spiro atoms. The molecule has 1 saturated carbocycles. The lowest BCUT2D eigenvalue weighted by Crippen LogP contribution is -2.47. The number of hydrogen-bond donors (Lipinski definition) is 0. The van der Waals surface area contributed by atoms with E-state index in [0.717, 1.165) is 49.7 Å². The van der Waals surface area contributed by atoms with Gasteiger partial charge in [0.2, 0.25) is 0 Å². The second kappa shape index (κ2) is 13.9. The van der Waals surface area contributed by atoms with Crippen molar-refractivity contribution in [3.63, 3.8) is 0 Å². The van der Waals surface area contributed by atoms with Gasteiger partial charge in [0.05, 0.1) is 6.10 Å². The van der Waals surface area contributed by atoms with E-state index in [0.29, 0.717) is 6.54 Å². The van der Waals surface area contributed by atoms with Gasteiger partial charge in [-0.05, 0) is 127 Å². The Bertz CT molecular complexity index is 909. The number of likely N-dealkylation sites (tertiary alicyclic amines) is 1. The number of hydrogen-bond acceptors (Lipinski definition) is 4. The van der Waals surface area contributed by atoms with Crippen molar-refractivity contribution in [2.24, 2.45) is 11.8 Å². The molecule has 1 saturated heterocycles. The van der Waals surface area contributed by atoms with Crippen LogP contribution in [0.1, 0.15) is 77.7 Å². The molecule has 0 radical (unpaired) electrons. The smallest absolute Gasteiger partial charge is 0.281 e. The fourth-order valence-corrected chi connectivity index (χ4v) is 7.66. The summed E-state index contributed by atoms with van der Waals surface area (Å²) in [5.74, 6) is 2.45. The first kappa shape index (κ1) is 29.9. The number of ether oxygens (including phenoxy) is 1. The molecule has 0 bridgehead atoms. The molecule has 0 atom stereocenters. The monoisotopic (exact) mass is 585 g/mol. The lowest BCUT2D eigenvalue weighted by Gasteiger charge is -2.37. The maximum atomic E-state index is 12.6. The Labute approximate surface area is 229 Å². The van der Waals surface area contributed by atoms with Gasteiger partial charge in [0.15, 0.2) is 0 Å². The van der Waals surface area contributed by atoms with E-state index in [-0.39, 0.29) is 12.1 Å². The van der Waals surface area contributed by atoms with E-state index in [9.17, 15) is 8.42 Å². The molecule has 0 unspecified atom stereocenters. The van der Waals surface area contributed by atoms with Gasteiger partial charge in [-0.25, -0.2) is 0 Å². The summed E-state index contributed by atoms with van der Waals surface area (Å²) in [7, 11) is -0.0594. The largest absolute Gasteiger partial charge is 0.491 e. The van der Waals surface area contributed by atoms with E-state index >= 15 is 0 Å². The van der Waals surface area contributed by atoms with Crippen molar-refractivity contribution in [1.29, 1.82) is 0 Å². The van der Waals surface area contributed by atoms with Gasteiger partial charge in [-0.15, -0.1) is 0 Å². The third-order valence-corrected chi connectivity index (χ3v) is 10.8. The Morgan fingerprint density at radius 1 is 1.06 bits per heavy atom. The molecule has 1 aromatic rings. The summed E-state index contributed by atoms with van der Waals surface area (Å²) in [6.07, 6.45) is 10.7. The number of rotatable bonds is 12. The van der Waals surface area contributed by atoms with Crippen LogP contribution >= 0.6 is 15.9 Å². The molecular formula is C28H48BrN3O3S. The molecule has 6 nitrogen and oxygen atoms in total. The van der Waals surface area contributed by atoms with Gasteiger partial charge in [-0.2, -0.15) is 17.0 Å². The van der Waals surface area contributed by atoms with Crippen molar-refractivity contribution in [2.75, 3.05) is 40.3 Å². The highest BCUT2D eigenvalue weighted by atomic mass is 79.9. The molecule has 2 fully saturated rings. The zero-order chi connectivity index (χ0) is 26.3. The van der Waals surface area contributed by atoms with Crippen LogP contribution < -0.4 is 4.74 Å². The molecule has 0 aromatic heterocycles. The van der Waals surface area contributed by atoms with Crippen LogP contribution in [0.2, 0.25) is 0 Å². The van der Waals surface area contributed by atoms with Crippen LogP contribution in [0.4, 0.5) is 0 Å². The molecule has 206 valence electrons. The number of benzene rings is 1. The maximum absolute atomic E-state index is 12.6. The van der Waals surface area contributed by atoms with E-state index < -0.39 is 10.2 Å². The van der Waals surface area contributed by atoms with Crippen LogP contribution in [0.3, 0.4) is 0 Å². The highest BCUT2D eigenvalue weighted by Gasteiger charge is 2.33. The van der Waals surface area contributed by atoms with Crippen molar-refractivity contribution >= 4 is 26.1 Å². The Morgan fingerprint density at radius 3 is 2.31 bits per heavy atom. The van der Waals surface area contributed by atoms with Gasteiger partial charge < -0.3 is 9.64 Å². The minimum Gasteiger partial charge on any atom is -0.491 e. The Morgan fingerprint density at radius 2 is 1.72 bits per heavy atom. The molecule has 1 aromatic carbocycles. The topological polar surface area (TPSA) is 53.1 Å². The molecule has 0 N–H and O–H groups in total. The van der Waals surface area contributed by atoms with Crippen molar-refractivity contribution in [2.45, 2.75) is 90.7 Å². The van der Waals surface area contributed by atoms with E-state index in [4.69, 9.17) is 4.74 Å². The SMILES string of the molecule is CCN(C1CCC(CCCN2CCC(Cc3cc(OC(C)C)ccc3Br)CC2)CC1)S(=O)(=O)N(C)C. The molecule has 1 aliphatic carbocycles. The van der Waals surface area contributed by atoms with Crippen LogP contribution in [-0.4, -0.2) is 74.3 Å². The first-order valence-electron chi connectivity index (χ1n) is 14.0. The highest BCUT2D eigenvalue weighted by molar-refractivity contribution is 9.10. The highest BCUT2D eigenvalue weighted by Crippen LogP contribution is 2.33. The lowest BCUT2D eigenvalue weighted by molar-refractivity contribution is 0.168. The van der Waals surface area contributed by atoms with Crippen LogP contribution in [0.5, 0.6) is 5.75 Å². The Balaban J connectivity index is 1.35. The average molecular weight is 587 g/mol. The lowest BCUT2D eigenvalue weighted by atomic mass is 9.83. The molecule has 3 rings (SSSR count). The summed E-state index contributed by atoms with van der Waals surface area (Å²) in [6.45, 7) is 10.2. The van der Waals surface area contributed by atoms with Gasteiger partial charge >= 0.3 is 0 Å². The first-order valence-corrected chi connectivity index (χ1v) is 16.2. The summed E-state index contributed by atoms with van der Waals surface area (Å²) in [5, 5.41) is 0. The van der Waals surface area contributed by atoms with Crippen molar-refractivity contribution in [3.8, 4) is 5.75 Å². The van der Waals surface area contributed by atoms with Gasteiger partial charge in [0, 0.05) is 31.2 Å². The first-order chi connectivity index (χ1) is 17.1. The minimum absolute atomic E-state index is 0.162. The standard InChI is InChI=1S/C28H48BrN3O3S/c1-6-32(36(33,34)30(4)5)26-11-9-23(10-12-26)8-7-17-31-18-15-24(16-19-31)20-25-21-27(35-22(2)3)13-14-28(25)29/h13-14,21-24,26H,6-12,15-20H2,1-5H3. The summed E-state index contributed by atoms with van der Waals surface area (Å²) < 4.78 is 35.4. The van der Waals surface area contributed by atoms with Crippen molar-refractivity contribution in [1.82, 2.24) is 13.5 Å². The minimum atomic E-state index is -3.32. The molecule has 1 heterocycles. The number of halogens is 1. The summed E-state index contributed by atoms with van der Waals surface area (Å²) >= 11 is 3.74. The Hall–Kier alpha value is -0.670. The molecule has 8 heteroatoms. The maximum Gasteiger partial charge on any atom is 0.281 e. The van der Waals surface area contributed by atoms with E-state index in [1.54, 1.807) is 18.4 Å². The van der Waals surface area contributed by atoms with E-state index in [2.05, 4.69) is 46.8 Å². The van der Waals surface area contributed by atoms with Crippen molar-refractivity contribution < 1.29 is 13.2 Å². The van der Waals surface area contributed by atoms with Crippen molar-refractivity contribution in [3.05, 3.63) is 28.2 Å². The number of piperidine rings is 1. The quantitative estimate of drug-likeness (QED) is 0.304. The van der Waals surface area contributed by atoms with Gasteiger partial charge in [0.1, 0.15) is 5.75 Å². The Kier molecular flexibility index (Phi) is 11.6. The zero-order valence-electron chi connectivity index (χ0n) is 23.1. The predicted octanol–water partition coefficient (Wildman–Crippen LogP) is 5.96. The molecule has 0 amide bonds. The average Bonchev–Trinajstić information content (AvgIpc) is 2.83. The predicted molar refractivity (Wildman–Crippen MR) is 153 cm³/mol. The van der Waals surface area contributed by atoms with Crippen LogP contribution in [-0.2, 0) is 16.6 Å². The molecule has 36 heavy (non-hydrogen) atoms. The van der Waals surface area contributed by atoms with Gasteiger partial charge in [-0.3, -0.25) is 0 Å². The summed E-state index contributed by atoms with van der Waals surface area (Å²) in [4.78, 5) is 2.65. The second-order valence-corrected chi connectivity index (χ2v) is 14.2. The number of nitrogens with zero attached hydrogens (tertiary/aromatic N) is 3. The van der Waals surface area contributed by atoms with Crippen LogP contribution in [0.15, 0.2) is 22.7 Å². The summed E-state index contributed by atoms with van der Waals surface area (Å²) in [5.41, 5.74) is 1.36. The third-order valence-electron chi connectivity index (χ3n) is 7.98. The normalized spacial score (nSPS) is 22.6. The zero-order valence-corrected chi connectivity index (χ0v) is 25.5. The van der Waals surface area contributed by atoms with E-state index in [1.807, 2.05) is 13.0 Å². The fraction of sp³-hybridized carbons (Fsp3) is 0.786. The second-order valence-electron chi connectivity index (χ2n) is 11.2.